The fourth-order valence-electron chi connectivity index (χ4n) is 2.08. The molecule has 2 heterocycles. The third-order valence-corrected chi connectivity index (χ3v) is 3.25. The highest BCUT2D eigenvalue weighted by Crippen LogP contribution is 2.27. The standard InChI is InChI=1S/C16H11FN2O5/c1-23-14-5-3-10(8-18-14)19-15(21)13(24-16(19)22)7-9-2-4-12(20)11(17)6-9/h2-8,20H,1H3. The van der Waals surface area contributed by atoms with Crippen LogP contribution in [0.3, 0.4) is 0 Å². The fraction of sp³-hybridized carbons (Fsp3) is 0.0625. The van der Waals surface area contributed by atoms with Crippen molar-refractivity contribution in [3.63, 3.8) is 0 Å². The molecule has 0 spiro atoms. The molecule has 1 aliphatic heterocycles. The van der Waals surface area contributed by atoms with Crippen LogP contribution >= 0.6 is 0 Å². The molecule has 0 atom stereocenters. The van der Waals surface area contributed by atoms with Gasteiger partial charge in [0.1, 0.15) is 0 Å². The molecular formula is C16H11FN2O5. The number of aromatic hydroxyl groups is 1. The van der Waals surface area contributed by atoms with Crippen LogP contribution in [-0.2, 0) is 9.53 Å². The molecule has 0 aliphatic carbocycles. The van der Waals surface area contributed by atoms with E-state index in [9.17, 15) is 14.0 Å². The summed E-state index contributed by atoms with van der Waals surface area (Å²) in [6.45, 7) is 0. The lowest BCUT2D eigenvalue weighted by Crippen LogP contribution is -2.28. The monoisotopic (exact) mass is 330 g/mol. The maximum absolute atomic E-state index is 13.3. The summed E-state index contributed by atoms with van der Waals surface area (Å²) in [6.07, 6.45) is 1.61. The number of phenols is 1. The molecule has 1 aromatic carbocycles. The first-order valence-electron chi connectivity index (χ1n) is 6.76. The molecule has 0 radical (unpaired) electrons. The van der Waals surface area contributed by atoms with E-state index < -0.39 is 23.6 Å². The lowest BCUT2D eigenvalue weighted by atomic mass is 10.2. The van der Waals surface area contributed by atoms with Gasteiger partial charge in [-0.2, -0.15) is 0 Å². The van der Waals surface area contributed by atoms with Crippen LogP contribution in [0, 0.1) is 5.82 Å². The van der Waals surface area contributed by atoms with Gasteiger partial charge in [-0.3, -0.25) is 4.79 Å². The Morgan fingerprint density at radius 3 is 2.71 bits per heavy atom. The summed E-state index contributed by atoms with van der Waals surface area (Å²) in [6, 6.07) is 6.50. The third-order valence-electron chi connectivity index (χ3n) is 3.25. The molecule has 0 saturated carbocycles. The van der Waals surface area contributed by atoms with Crippen molar-refractivity contribution in [3.05, 3.63) is 53.7 Å². The largest absolute Gasteiger partial charge is 0.505 e. The molecule has 1 N–H and O–H groups in total. The first-order chi connectivity index (χ1) is 11.5. The van der Waals surface area contributed by atoms with Gasteiger partial charge in [-0.05, 0) is 29.8 Å². The van der Waals surface area contributed by atoms with Gasteiger partial charge in [0.25, 0.3) is 0 Å². The Kier molecular flexibility index (Phi) is 3.87. The normalized spacial score (nSPS) is 15.8. The van der Waals surface area contributed by atoms with Crippen molar-refractivity contribution in [1.29, 1.82) is 0 Å². The topological polar surface area (TPSA) is 89.0 Å². The minimum atomic E-state index is -0.891. The zero-order valence-corrected chi connectivity index (χ0v) is 12.4. The Morgan fingerprint density at radius 2 is 2.08 bits per heavy atom. The quantitative estimate of drug-likeness (QED) is 0.870. The van der Waals surface area contributed by atoms with Crippen LogP contribution in [0.15, 0.2) is 42.3 Å². The molecule has 3 rings (SSSR count). The van der Waals surface area contributed by atoms with Crippen molar-refractivity contribution in [2.45, 2.75) is 0 Å². The average Bonchev–Trinajstić information content (AvgIpc) is 2.85. The molecular weight excluding hydrogens is 319 g/mol. The lowest BCUT2D eigenvalue weighted by Gasteiger charge is -2.09. The predicted octanol–water partition coefficient (Wildman–Crippen LogP) is 2.46. The van der Waals surface area contributed by atoms with Gasteiger partial charge in [0.15, 0.2) is 17.3 Å². The zero-order chi connectivity index (χ0) is 17.3. The first kappa shape index (κ1) is 15.5. The number of rotatable bonds is 3. The number of carbonyl (C=O) groups is 2. The van der Waals surface area contributed by atoms with Gasteiger partial charge in [-0.1, -0.05) is 6.07 Å². The maximum Gasteiger partial charge on any atom is 0.427 e. The SMILES string of the molecule is COc1ccc(N2C(=O)OC(=Cc3ccc(O)c(F)c3)C2=O)cn1. The van der Waals surface area contributed by atoms with Crippen molar-refractivity contribution in [2.24, 2.45) is 0 Å². The Bertz CT molecular complexity index is 848. The van der Waals surface area contributed by atoms with E-state index in [4.69, 9.17) is 14.6 Å². The number of benzene rings is 1. The van der Waals surface area contributed by atoms with Gasteiger partial charge < -0.3 is 14.6 Å². The summed E-state index contributed by atoms with van der Waals surface area (Å²) >= 11 is 0. The van der Waals surface area contributed by atoms with E-state index >= 15 is 0 Å². The third kappa shape index (κ3) is 2.76. The van der Waals surface area contributed by atoms with Crippen LogP contribution in [-0.4, -0.2) is 29.2 Å². The number of hydrogen-bond acceptors (Lipinski definition) is 6. The van der Waals surface area contributed by atoms with E-state index in [2.05, 4.69) is 4.98 Å². The van der Waals surface area contributed by atoms with Crippen LogP contribution in [0.2, 0.25) is 0 Å². The molecule has 2 aromatic rings. The smallest absolute Gasteiger partial charge is 0.427 e. The number of ether oxygens (including phenoxy) is 2. The van der Waals surface area contributed by atoms with Gasteiger partial charge in [0, 0.05) is 6.07 Å². The molecule has 8 heteroatoms. The first-order valence-corrected chi connectivity index (χ1v) is 6.76. The van der Waals surface area contributed by atoms with Gasteiger partial charge in [0.05, 0.1) is 19.0 Å². The Labute approximate surface area is 135 Å². The minimum absolute atomic E-state index is 0.214. The lowest BCUT2D eigenvalue weighted by molar-refractivity contribution is -0.114. The van der Waals surface area contributed by atoms with E-state index in [0.29, 0.717) is 5.88 Å². The van der Waals surface area contributed by atoms with E-state index in [0.717, 1.165) is 17.0 Å². The summed E-state index contributed by atoms with van der Waals surface area (Å²) in [5, 5.41) is 9.16. The molecule has 0 unspecified atom stereocenters. The molecule has 0 bridgehead atoms. The second-order valence-electron chi connectivity index (χ2n) is 4.79. The number of imide groups is 1. The number of nitrogens with zero attached hydrogens (tertiary/aromatic N) is 2. The van der Waals surface area contributed by atoms with Crippen molar-refractivity contribution >= 4 is 23.8 Å². The number of phenolic OH excluding ortho intramolecular Hbond substituents is 1. The van der Waals surface area contributed by atoms with Crippen LogP contribution in [0.4, 0.5) is 14.9 Å². The van der Waals surface area contributed by atoms with Crippen LogP contribution in [0.25, 0.3) is 6.08 Å². The Morgan fingerprint density at radius 1 is 1.29 bits per heavy atom. The Balaban J connectivity index is 1.90. The molecule has 1 aromatic heterocycles. The molecule has 122 valence electrons. The fourth-order valence-corrected chi connectivity index (χ4v) is 2.08. The number of amides is 2. The summed E-state index contributed by atoms with van der Waals surface area (Å²) in [5.74, 6) is -2.01. The number of methoxy groups -OCH3 is 1. The Hall–Kier alpha value is -3.42. The predicted molar refractivity (Wildman–Crippen MR) is 80.8 cm³/mol. The number of anilines is 1. The van der Waals surface area contributed by atoms with E-state index in [1.165, 1.54) is 37.6 Å². The zero-order valence-electron chi connectivity index (χ0n) is 12.4. The summed E-state index contributed by atoms with van der Waals surface area (Å²) < 4.78 is 23.2. The number of pyridine rings is 1. The molecule has 7 nitrogen and oxygen atoms in total. The van der Waals surface area contributed by atoms with Gasteiger partial charge in [-0.15, -0.1) is 0 Å². The maximum atomic E-state index is 13.3. The average molecular weight is 330 g/mol. The summed E-state index contributed by atoms with van der Waals surface area (Å²) in [5.41, 5.74) is 0.474. The second-order valence-corrected chi connectivity index (χ2v) is 4.79. The highest BCUT2D eigenvalue weighted by molar-refractivity contribution is 6.24. The minimum Gasteiger partial charge on any atom is -0.505 e. The number of cyclic esters (lactones) is 1. The van der Waals surface area contributed by atoms with Crippen molar-refractivity contribution in [2.75, 3.05) is 12.0 Å². The van der Waals surface area contributed by atoms with E-state index in [1.807, 2.05) is 0 Å². The molecule has 24 heavy (non-hydrogen) atoms. The highest BCUT2D eigenvalue weighted by Gasteiger charge is 2.38. The molecule has 1 fully saturated rings. The highest BCUT2D eigenvalue weighted by atomic mass is 19.1. The van der Waals surface area contributed by atoms with Crippen LogP contribution in [0.5, 0.6) is 11.6 Å². The van der Waals surface area contributed by atoms with Crippen molar-refractivity contribution in [3.8, 4) is 11.6 Å². The molecule has 1 aliphatic rings. The van der Waals surface area contributed by atoms with Crippen LogP contribution in [0.1, 0.15) is 5.56 Å². The van der Waals surface area contributed by atoms with Gasteiger partial charge in [-0.25, -0.2) is 19.1 Å². The van der Waals surface area contributed by atoms with Gasteiger partial charge in [0.2, 0.25) is 5.88 Å². The number of halogens is 1. The molecule has 1 saturated heterocycles. The molecule has 2 amide bonds. The van der Waals surface area contributed by atoms with E-state index in [-0.39, 0.29) is 17.0 Å². The summed E-state index contributed by atoms with van der Waals surface area (Å²) in [4.78, 5) is 29.0. The van der Waals surface area contributed by atoms with E-state index in [1.54, 1.807) is 0 Å². The van der Waals surface area contributed by atoms with Crippen LogP contribution < -0.4 is 9.64 Å². The van der Waals surface area contributed by atoms with Gasteiger partial charge >= 0.3 is 12.0 Å². The van der Waals surface area contributed by atoms with Crippen molar-refractivity contribution in [1.82, 2.24) is 4.98 Å². The second kappa shape index (κ2) is 5.99. The summed E-state index contributed by atoms with van der Waals surface area (Å²) in [7, 11) is 1.44. The van der Waals surface area contributed by atoms with Crippen molar-refractivity contribution < 1.29 is 28.6 Å². The number of carbonyl (C=O) groups excluding carboxylic acids is 2. The number of hydrogen-bond donors (Lipinski definition) is 1. The number of aromatic nitrogens is 1.